The molecular weight excluding hydrogens is 512 g/mol. The van der Waals surface area contributed by atoms with Gasteiger partial charge in [-0.2, -0.15) is 13.2 Å². The molecule has 1 unspecified atom stereocenters. The molecule has 13 heteroatoms. The minimum atomic E-state index is -4.97. The molecule has 0 radical (unpaired) electrons. The van der Waals surface area contributed by atoms with Crippen LogP contribution in [0.3, 0.4) is 0 Å². The van der Waals surface area contributed by atoms with Gasteiger partial charge < -0.3 is 4.90 Å². The van der Waals surface area contributed by atoms with Crippen LogP contribution in [-0.2, 0) is 27.2 Å². The van der Waals surface area contributed by atoms with E-state index in [-0.39, 0.29) is 34.9 Å². The van der Waals surface area contributed by atoms with Crippen LogP contribution in [0.25, 0.3) is 5.65 Å². The van der Waals surface area contributed by atoms with E-state index in [0.29, 0.717) is 18.2 Å². The van der Waals surface area contributed by atoms with Gasteiger partial charge in [-0.15, -0.1) is 0 Å². The fraction of sp³-hybridized carbons (Fsp3) is 0.391. The monoisotopic (exact) mass is 535 g/mol. The maximum atomic E-state index is 14.3. The third-order valence-electron chi connectivity index (χ3n) is 5.88. The van der Waals surface area contributed by atoms with E-state index in [1.807, 2.05) is 0 Å². The summed E-state index contributed by atoms with van der Waals surface area (Å²) in [6.07, 6.45) is -4.56. The van der Waals surface area contributed by atoms with Crippen LogP contribution in [0, 0.1) is 24.4 Å². The molecule has 6 nitrogen and oxygen atoms in total. The van der Waals surface area contributed by atoms with E-state index in [1.54, 1.807) is 0 Å². The minimum absolute atomic E-state index is 0.135. The van der Waals surface area contributed by atoms with Crippen molar-refractivity contribution in [1.82, 2.24) is 14.3 Å². The van der Waals surface area contributed by atoms with Crippen LogP contribution in [0.2, 0.25) is 0 Å². The highest BCUT2D eigenvalue weighted by Gasteiger charge is 2.35. The highest BCUT2D eigenvalue weighted by atomic mass is 32.2. The molecule has 0 aliphatic heterocycles. The predicted octanol–water partition coefficient (Wildman–Crippen LogP) is 4.65. The lowest BCUT2D eigenvalue weighted by Crippen LogP contribution is -2.39. The Morgan fingerprint density at radius 3 is 2.42 bits per heavy atom. The maximum Gasteiger partial charge on any atom is 0.419 e. The van der Waals surface area contributed by atoms with Crippen molar-refractivity contribution in [2.24, 2.45) is 0 Å². The van der Waals surface area contributed by atoms with Gasteiger partial charge in [0.15, 0.2) is 21.3 Å². The van der Waals surface area contributed by atoms with Gasteiger partial charge in [0.05, 0.1) is 29.5 Å². The first-order valence-corrected chi connectivity index (χ1v) is 12.7. The largest absolute Gasteiger partial charge is 0.419 e. The SMILES string of the molecule is CCS(=O)(=O)CCN(C(=O)Cc1ccc(F)c(C(F)(F)F)c1)C(C)c1nc2c(F)cc(F)cn2c1C. The second kappa shape index (κ2) is 10.1. The molecule has 0 N–H and O–H groups in total. The lowest BCUT2D eigenvalue weighted by molar-refractivity contribution is -0.140. The maximum absolute atomic E-state index is 14.3. The number of hydrogen-bond acceptors (Lipinski definition) is 4. The smallest absolute Gasteiger partial charge is 0.333 e. The van der Waals surface area contributed by atoms with Crippen molar-refractivity contribution in [3.63, 3.8) is 0 Å². The van der Waals surface area contributed by atoms with Crippen LogP contribution < -0.4 is 0 Å². The molecule has 0 fully saturated rings. The number of benzene rings is 1. The Morgan fingerprint density at radius 1 is 1.14 bits per heavy atom. The quantitative estimate of drug-likeness (QED) is 0.394. The molecule has 0 aliphatic carbocycles. The van der Waals surface area contributed by atoms with E-state index in [9.17, 15) is 39.6 Å². The zero-order valence-corrected chi connectivity index (χ0v) is 20.4. The molecule has 0 saturated heterocycles. The molecule has 0 spiro atoms. The number of carbonyl (C=O) groups excluding carboxylic acids is 1. The molecular formula is C23H23F6N3O3S. The Kier molecular flexibility index (Phi) is 7.72. The zero-order chi connectivity index (χ0) is 27.0. The van der Waals surface area contributed by atoms with Gasteiger partial charge in [0.1, 0.15) is 11.6 Å². The molecule has 1 amide bonds. The van der Waals surface area contributed by atoms with E-state index in [1.165, 1.54) is 20.8 Å². The zero-order valence-electron chi connectivity index (χ0n) is 19.5. The Morgan fingerprint density at radius 2 is 1.81 bits per heavy atom. The molecule has 0 aliphatic rings. The molecule has 2 heterocycles. The van der Waals surface area contributed by atoms with Crippen LogP contribution in [0.15, 0.2) is 30.5 Å². The van der Waals surface area contributed by atoms with Crippen molar-refractivity contribution in [1.29, 1.82) is 0 Å². The van der Waals surface area contributed by atoms with Crippen LogP contribution >= 0.6 is 0 Å². The Bertz CT molecular complexity index is 1400. The number of nitrogens with zero attached hydrogens (tertiary/aromatic N) is 3. The Labute approximate surface area is 203 Å². The number of aromatic nitrogens is 2. The lowest BCUT2D eigenvalue weighted by atomic mass is 10.1. The fourth-order valence-corrected chi connectivity index (χ4v) is 4.60. The summed E-state index contributed by atoms with van der Waals surface area (Å²) in [6, 6.07) is 1.84. The summed E-state index contributed by atoms with van der Waals surface area (Å²) < 4.78 is 106. The number of pyridine rings is 1. The number of aryl methyl sites for hydroxylation is 1. The summed E-state index contributed by atoms with van der Waals surface area (Å²) in [6.45, 7) is 4.09. The molecule has 0 saturated carbocycles. The normalized spacial score (nSPS) is 13.2. The molecule has 0 bridgehead atoms. The lowest BCUT2D eigenvalue weighted by Gasteiger charge is -2.29. The molecule has 36 heavy (non-hydrogen) atoms. The number of sulfone groups is 1. The van der Waals surface area contributed by atoms with Gasteiger partial charge in [-0.3, -0.25) is 9.20 Å². The summed E-state index contributed by atoms with van der Waals surface area (Å²) in [7, 11) is -3.54. The third kappa shape index (κ3) is 5.82. The summed E-state index contributed by atoms with van der Waals surface area (Å²) in [5.74, 6) is -4.70. The van der Waals surface area contributed by atoms with E-state index in [2.05, 4.69) is 4.98 Å². The van der Waals surface area contributed by atoms with Crippen LogP contribution in [0.5, 0.6) is 0 Å². The van der Waals surface area contributed by atoms with Crippen molar-refractivity contribution >= 4 is 21.4 Å². The highest BCUT2D eigenvalue weighted by Crippen LogP contribution is 2.32. The topological polar surface area (TPSA) is 71.8 Å². The third-order valence-corrected chi connectivity index (χ3v) is 7.56. The van der Waals surface area contributed by atoms with E-state index in [0.717, 1.165) is 21.6 Å². The first-order valence-electron chi connectivity index (χ1n) is 10.8. The Balaban J connectivity index is 2.00. The van der Waals surface area contributed by atoms with Crippen LogP contribution in [-0.4, -0.2) is 46.7 Å². The van der Waals surface area contributed by atoms with Crippen molar-refractivity contribution < 1.29 is 39.6 Å². The van der Waals surface area contributed by atoms with Gasteiger partial charge in [-0.25, -0.2) is 26.6 Å². The summed E-state index contributed by atoms with van der Waals surface area (Å²) in [4.78, 5) is 18.5. The first kappa shape index (κ1) is 27.5. The van der Waals surface area contributed by atoms with Crippen LogP contribution in [0.1, 0.15) is 42.4 Å². The number of hydrogen-bond donors (Lipinski definition) is 0. The average Bonchev–Trinajstić information content (AvgIpc) is 3.11. The number of alkyl halides is 3. The summed E-state index contributed by atoms with van der Waals surface area (Å²) >= 11 is 0. The summed E-state index contributed by atoms with van der Waals surface area (Å²) in [5.41, 5.74) is -1.44. The van der Waals surface area contributed by atoms with Crippen molar-refractivity contribution in [2.75, 3.05) is 18.1 Å². The molecule has 2 aromatic heterocycles. The average molecular weight is 536 g/mol. The minimum Gasteiger partial charge on any atom is -0.333 e. The van der Waals surface area contributed by atoms with Crippen molar-refractivity contribution in [3.05, 3.63) is 70.4 Å². The highest BCUT2D eigenvalue weighted by molar-refractivity contribution is 7.91. The number of fused-ring (bicyclic) bond motifs is 1. The van der Waals surface area contributed by atoms with Gasteiger partial charge in [0.25, 0.3) is 0 Å². The van der Waals surface area contributed by atoms with Crippen LogP contribution in [0.4, 0.5) is 26.3 Å². The van der Waals surface area contributed by atoms with E-state index < -0.39 is 63.2 Å². The van der Waals surface area contributed by atoms with E-state index in [4.69, 9.17) is 0 Å². The molecule has 3 aromatic rings. The number of amides is 1. The standard InChI is InChI=1S/C23H23F6N3O3S/c1-4-36(34,35)8-7-31(20(33)10-15-5-6-18(25)17(9-15)23(27,28)29)13(2)21-14(3)32-12-16(24)11-19(26)22(32)30-21/h5-6,9,11-13H,4,7-8,10H2,1-3H3. The van der Waals surface area contributed by atoms with Crippen molar-refractivity contribution in [3.8, 4) is 0 Å². The van der Waals surface area contributed by atoms with Crippen molar-refractivity contribution in [2.45, 2.75) is 39.4 Å². The number of imidazole rings is 1. The van der Waals surface area contributed by atoms with E-state index >= 15 is 0 Å². The number of halogens is 6. The predicted molar refractivity (Wildman–Crippen MR) is 119 cm³/mol. The second-order valence-electron chi connectivity index (χ2n) is 8.27. The summed E-state index contributed by atoms with van der Waals surface area (Å²) in [5, 5.41) is 0. The van der Waals surface area contributed by atoms with Gasteiger partial charge in [0, 0.05) is 30.3 Å². The first-order chi connectivity index (χ1) is 16.6. The van der Waals surface area contributed by atoms with Gasteiger partial charge in [-0.1, -0.05) is 13.0 Å². The molecule has 1 aromatic carbocycles. The van der Waals surface area contributed by atoms with Gasteiger partial charge in [-0.05, 0) is 31.5 Å². The number of carbonyl (C=O) groups is 1. The van der Waals surface area contributed by atoms with Gasteiger partial charge >= 0.3 is 6.18 Å². The molecule has 196 valence electrons. The molecule has 1 atom stereocenters. The molecule has 3 rings (SSSR count). The second-order valence-corrected chi connectivity index (χ2v) is 10.7. The number of rotatable bonds is 8. The van der Waals surface area contributed by atoms with Gasteiger partial charge in [0.2, 0.25) is 5.91 Å². The fourth-order valence-electron chi connectivity index (χ4n) is 3.84. The Hall–Kier alpha value is -3.09.